The second kappa shape index (κ2) is 5.19. The van der Waals surface area contributed by atoms with Crippen LogP contribution in [0.5, 0.6) is 0 Å². The van der Waals surface area contributed by atoms with Crippen molar-refractivity contribution < 1.29 is 4.42 Å². The summed E-state index contributed by atoms with van der Waals surface area (Å²) in [5.74, 6) is 0.963. The molecule has 2 nitrogen and oxygen atoms in total. The Hall–Kier alpha value is -1.54. The van der Waals surface area contributed by atoms with Gasteiger partial charge in [-0.3, -0.25) is 0 Å². The van der Waals surface area contributed by atoms with Gasteiger partial charge in [-0.15, -0.1) is 0 Å². The lowest BCUT2D eigenvalue weighted by Gasteiger charge is -2.15. The average molecular weight is 229 g/mol. The lowest BCUT2D eigenvalue weighted by Crippen LogP contribution is -2.18. The molecule has 0 radical (unpaired) electrons. The Morgan fingerprint density at radius 1 is 1.24 bits per heavy atom. The monoisotopic (exact) mass is 229 g/mol. The zero-order valence-electron chi connectivity index (χ0n) is 10.7. The van der Waals surface area contributed by atoms with Crippen LogP contribution in [0, 0.1) is 13.8 Å². The van der Waals surface area contributed by atoms with Gasteiger partial charge in [0.25, 0.3) is 0 Å². The third kappa shape index (κ3) is 2.77. The second-order valence-electron chi connectivity index (χ2n) is 4.46. The summed E-state index contributed by atoms with van der Waals surface area (Å²) >= 11 is 0. The van der Waals surface area contributed by atoms with Crippen LogP contribution < -0.4 is 5.32 Å². The molecule has 2 rings (SSSR count). The molecule has 1 N–H and O–H groups in total. The fourth-order valence-electron chi connectivity index (χ4n) is 2.09. The number of nitrogens with one attached hydrogen (secondary N) is 1. The molecule has 0 aliphatic rings. The fraction of sp³-hybridized carbons (Fsp3) is 0.333. The molecule has 2 heteroatoms. The van der Waals surface area contributed by atoms with E-state index >= 15 is 0 Å². The largest absolute Gasteiger partial charge is 0.469 e. The zero-order chi connectivity index (χ0) is 12.3. The van der Waals surface area contributed by atoms with E-state index in [9.17, 15) is 0 Å². The van der Waals surface area contributed by atoms with Gasteiger partial charge in [-0.05, 0) is 44.5 Å². The highest BCUT2D eigenvalue weighted by Gasteiger charge is 2.13. The van der Waals surface area contributed by atoms with Crippen LogP contribution in [0.4, 0.5) is 0 Å². The van der Waals surface area contributed by atoms with Gasteiger partial charge in [-0.25, -0.2) is 0 Å². The van der Waals surface area contributed by atoms with E-state index < -0.39 is 0 Å². The van der Waals surface area contributed by atoms with E-state index in [1.54, 1.807) is 0 Å². The molecule has 2 aromatic rings. The maximum absolute atomic E-state index is 5.38. The van der Waals surface area contributed by atoms with E-state index in [4.69, 9.17) is 4.42 Å². The van der Waals surface area contributed by atoms with Crippen molar-refractivity contribution in [2.75, 3.05) is 7.05 Å². The molecule has 0 spiro atoms. The standard InChI is InChI=1S/C15H19NO/c1-11-6-4-5-7-13(11)9-15(16-3)14-8-12(2)17-10-14/h4-8,10,15-16H,9H2,1-3H3. The SMILES string of the molecule is CNC(Cc1ccccc1C)c1coc(C)c1. The summed E-state index contributed by atoms with van der Waals surface area (Å²) in [5, 5.41) is 3.35. The molecule has 90 valence electrons. The second-order valence-corrected chi connectivity index (χ2v) is 4.46. The first-order valence-electron chi connectivity index (χ1n) is 5.97. The van der Waals surface area contributed by atoms with Crippen LogP contribution in [0.25, 0.3) is 0 Å². The number of hydrogen-bond donors (Lipinski definition) is 1. The van der Waals surface area contributed by atoms with Crippen molar-refractivity contribution in [3.8, 4) is 0 Å². The first kappa shape index (κ1) is 11.9. The molecule has 0 saturated carbocycles. The van der Waals surface area contributed by atoms with Gasteiger partial charge in [-0.2, -0.15) is 0 Å². The normalized spacial score (nSPS) is 12.6. The zero-order valence-corrected chi connectivity index (χ0v) is 10.7. The number of rotatable bonds is 4. The van der Waals surface area contributed by atoms with Crippen LogP contribution in [0.1, 0.15) is 28.5 Å². The van der Waals surface area contributed by atoms with Crippen LogP contribution in [0.15, 0.2) is 41.0 Å². The molecule has 0 aliphatic heterocycles. The summed E-state index contributed by atoms with van der Waals surface area (Å²) in [5.41, 5.74) is 3.94. The Kier molecular flexibility index (Phi) is 3.64. The molecule has 0 amide bonds. The predicted molar refractivity (Wildman–Crippen MR) is 70.1 cm³/mol. The molecule has 0 fully saturated rings. The molecule has 1 unspecified atom stereocenters. The summed E-state index contributed by atoms with van der Waals surface area (Å²) in [4.78, 5) is 0. The van der Waals surface area contributed by atoms with E-state index in [1.807, 2.05) is 20.2 Å². The lowest BCUT2D eigenvalue weighted by atomic mass is 9.98. The summed E-state index contributed by atoms with van der Waals surface area (Å²) < 4.78 is 5.38. The van der Waals surface area contributed by atoms with Crippen molar-refractivity contribution in [1.29, 1.82) is 0 Å². The van der Waals surface area contributed by atoms with Gasteiger partial charge in [0.1, 0.15) is 5.76 Å². The molecule has 17 heavy (non-hydrogen) atoms. The summed E-state index contributed by atoms with van der Waals surface area (Å²) in [7, 11) is 1.99. The Morgan fingerprint density at radius 3 is 2.59 bits per heavy atom. The van der Waals surface area contributed by atoms with Crippen LogP contribution in [-0.4, -0.2) is 7.05 Å². The van der Waals surface area contributed by atoms with E-state index in [-0.39, 0.29) is 0 Å². The predicted octanol–water partition coefficient (Wildman–Crippen LogP) is 3.40. The summed E-state index contributed by atoms with van der Waals surface area (Å²) in [6, 6.07) is 10.9. The molecular formula is C15H19NO. The fourth-order valence-corrected chi connectivity index (χ4v) is 2.09. The molecule has 0 saturated heterocycles. The first-order valence-corrected chi connectivity index (χ1v) is 5.97. The van der Waals surface area contributed by atoms with Gasteiger partial charge in [0, 0.05) is 11.6 Å². The summed E-state index contributed by atoms with van der Waals surface area (Å²) in [6.45, 7) is 4.13. The Bertz CT molecular complexity index is 487. The van der Waals surface area contributed by atoms with Crippen LogP contribution in [0.2, 0.25) is 0 Å². The molecule has 1 aromatic carbocycles. The van der Waals surface area contributed by atoms with E-state index in [1.165, 1.54) is 16.7 Å². The molecule has 1 heterocycles. The molecular weight excluding hydrogens is 210 g/mol. The number of benzene rings is 1. The maximum Gasteiger partial charge on any atom is 0.101 e. The number of likely N-dealkylation sites (N-methyl/N-ethyl adjacent to an activating group) is 1. The van der Waals surface area contributed by atoms with Gasteiger partial charge in [0.05, 0.1) is 6.26 Å². The number of aryl methyl sites for hydroxylation is 2. The third-order valence-corrected chi connectivity index (χ3v) is 3.19. The van der Waals surface area contributed by atoms with Crippen molar-refractivity contribution in [2.24, 2.45) is 0 Å². The van der Waals surface area contributed by atoms with Crippen LogP contribution >= 0.6 is 0 Å². The highest BCUT2D eigenvalue weighted by Crippen LogP contribution is 2.21. The lowest BCUT2D eigenvalue weighted by molar-refractivity contribution is 0.520. The maximum atomic E-state index is 5.38. The van der Waals surface area contributed by atoms with Crippen molar-refractivity contribution in [3.05, 3.63) is 59.0 Å². The Labute approximate surface area is 103 Å². The quantitative estimate of drug-likeness (QED) is 0.869. The Morgan fingerprint density at radius 2 is 2.00 bits per heavy atom. The molecule has 0 bridgehead atoms. The van der Waals surface area contributed by atoms with Crippen molar-refractivity contribution >= 4 is 0 Å². The highest BCUT2D eigenvalue weighted by molar-refractivity contribution is 5.28. The van der Waals surface area contributed by atoms with Gasteiger partial charge < -0.3 is 9.73 Å². The minimum atomic E-state index is 0.313. The number of hydrogen-bond acceptors (Lipinski definition) is 2. The van der Waals surface area contributed by atoms with E-state index in [2.05, 4.69) is 42.6 Å². The highest BCUT2D eigenvalue weighted by atomic mass is 16.3. The van der Waals surface area contributed by atoms with Gasteiger partial charge >= 0.3 is 0 Å². The molecule has 1 aromatic heterocycles. The molecule has 1 atom stereocenters. The third-order valence-electron chi connectivity index (χ3n) is 3.19. The van der Waals surface area contributed by atoms with Crippen molar-refractivity contribution in [2.45, 2.75) is 26.3 Å². The Balaban J connectivity index is 2.18. The van der Waals surface area contributed by atoms with Gasteiger partial charge in [0.2, 0.25) is 0 Å². The minimum absolute atomic E-state index is 0.313. The average Bonchev–Trinajstić information content (AvgIpc) is 2.75. The summed E-state index contributed by atoms with van der Waals surface area (Å²) in [6.07, 6.45) is 2.83. The van der Waals surface area contributed by atoms with Crippen LogP contribution in [0.3, 0.4) is 0 Å². The van der Waals surface area contributed by atoms with E-state index in [0.29, 0.717) is 6.04 Å². The van der Waals surface area contributed by atoms with E-state index in [0.717, 1.165) is 12.2 Å². The number of furan rings is 1. The van der Waals surface area contributed by atoms with Crippen molar-refractivity contribution in [3.63, 3.8) is 0 Å². The smallest absolute Gasteiger partial charge is 0.101 e. The minimum Gasteiger partial charge on any atom is -0.469 e. The van der Waals surface area contributed by atoms with Gasteiger partial charge in [-0.1, -0.05) is 24.3 Å². The topological polar surface area (TPSA) is 25.2 Å². The van der Waals surface area contributed by atoms with Crippen molar-refractivity contribution in [1.82, 2.24) is 5.32 Å². The van der Waals surface area contributed by atoms with Gasteiger partial charge in [0.15, 0.2) is 0 Å². The first-order chi connectivity index (χ1) is 8.20. The van der Waals surface area contributed by atoms with Crippen LogP contribution in [-0.2, 0) is 6.42 Å². The molecule has 0 aliphatic carbocycles.